The normalized spacial score (nSPS) is 20.3. The van der Waals surface area contributed by atoms with Gasteiger partial charge in [-0.2, -0.15) is 10.2 Å². The second-order valence-electron chi connectivity index (χ2n) is 12.7. The number of anilines is 2. The van der Waals surface area contributed by atoms with Gasteiger partial charge in [0.15, 0.2) is 0 Å². The van der Waals surface area contributed by atoms with Crippen molar-refractivity contribution in [2.75, 3.05) is 54.9 Å². The summed E-state index contributed by atoms with van der Waals surface area (Å²) in [6, 6.07) is 24.1. The monoisotopic (exact) mass is 731 g/mol. The van der Waals surface area contributed by atoms with Gasteiger partial charge in [0.05, 0.1) is 29.1 Å². The molecule has 6 rings (SSSR count). The van der Waals surface area contributed by atoms with E-state index in [4.69, 9.17) is 25.8 Å². The summed E-state index contributed by atoms with van der Waals surface area (Å²) in [5.74, 6) is 0.353. The number of piperazine rings is 1. The van der Waals surface area contributed by atoms with E-state index in [0.29, 0.717) is 24.0 Å². The van der Waals surface area contributed by atoms with Crippen LogP contribution in [0.5, 0.6) is 5.75 Å². The number of hydrogen-bond acceptors (Lipinski definition) is 10. The number of nitrogens with zero attached hydrogens (tertiary/aromatic N) is 7. The highest BCUT2D eigenvalue weighted by Crippen LogP contribution is 2.38. The van der Waals surface area contributed by atoms with E-state index in [-0.39, 0.29) is 17.8 Å². The van der Waals surface area contributed by atoms with Crippen LogP contribution in [0.1, 0.15) is 52.1 Å². The van der Waals surface area contributed by atoms with Gasteiger partial charge in [-0.25, -0.2) is 14.0 Å². The topological polar surface area (TPSA) is 98.7 Å². The van der Waals surface area contributed by atoms with Crippen LogP contribution >= 0.6 is 23.4 Å². The average Bonchev–Trinajstić information content (AvgIpc) is 3.77. The van der Waals surface area contributed by atoms with Crippen LogP contribution in [-0.2, 0) is 15.3 Å². The Morgan fingerprint density at radius 1 is 1.00 bits per heavy atom. The number of thioether (sulfide) groups is 1. The lowest BCUT2D eigenvalue weighted by Gasteiger charge is -2.37. The van der Waals surface area contributed by atoms with E-state index in [1.165, 1.54) is 0 Å². The molecule has 2 fully saturated rings. The van der Waals surface area contributed by atoms with Gasteiger partial charge >= 0.3 is 5.69 Å². The van der Waals surface area contributed by atoms with Gasteiger partial charge in [-0.05, 0) is 87.4 Å². The summed E-state index contributed by atoms with van der Waals surface area (Å²) < 4.78 is 22.2. The molecule has 0 radical (unpaired) electrons. The Morgan fingerprint density at radius 2 is 1.63 bits per heavy atom. The molecule has 3 atom stereocenters. The van der Waals surface area contributed by atoms with Crippen molar-refractivity contribution < 1.29 is 14.2 Å². The van der Waals surface area contributed by atoms with E-state index in [0.717, 1.165) is 72.4 Å². The second kappa shape index (κ2) is 16.9. The Hall–Kier alpha value is -4.10. The lowest BCUT2D eigenvalue weighted by atomic mass is 10.1. The third-order valence-corrected chi connectivity index (χ3v) is 10.5. The number of halogens is 1. The van der Waals surface area contributed by atoms with Gasteiger partial charge in [0, 0.05) is 54.4 Å². The molecule has 0 aliphatic carbocycles. The first kappa shape index (κ1) is 36.7. The van der Waals surface area contributed by atoms with Gasteiger partial charge in [-0.15, -0.1) is 16.9 Å². The minimum atomic E-state index is -0.945. The molecule has 0 spiro atoms. The lowest BCUT2D eigenvalue weighted by molar-refractivity contribution is -0.160. The summed E-state index contributed by atoms with van der Waals surface area (Å²) in [5.41, 5.74) is 3.91. The zero-order chi connectivity index (χ0) is 35.8. The van der Waals surface area contributed by atoms with Crippen LogP contribution in [0, 0.1) is 0 Å². The van der Waals surface area contributed by atoms with Crippen molar-refractivity contribution in [3.63, 3.8) is 0 Å². The van der Waals surface area contributed by atoms with Gasteiger partial charge < -0.3 is 24.0 Å². The summed E-state index contributed by atoms with van der Waals surface area (Å²) >= 11 is 7.73. The van der Waals surface area contributed by atoms with Gasteiger partial charge in [-0.1, -0.05) is 37.6 Å². The van der Waals surface area contributed by atoms with E-state index in [1.807, 2.05) is 69.3 Å². The third kappa shape index (κ3) is 8.86. The smallest absolute Gasteiger partial charge is 0.350 e. The first-order valence-corrected chi connectivity index (χ1v) is 18.9. The van der Waals surface area contributed by atoms with Crippen LogP contribution in [0.2, 0.25) is 5.02 Å². The largest absolute Gasteiger partial charge is 0.491 e. The predicted octanol–water partition coefficient (Wildman–Crippen LogP) is 7.18. The summed E-state index contributed by atoms with van der Waals surface area (Å²) in [7, 11) is 0. The first-order valence-electron chi connectivity index (χ1n) is 17.5. The zero-order valence-corrected chi connectivity index (χ0v) is 31.2. The fourth-order valence-corrected chi connectivity index (χ4v) is 7.00. The van der Waals surface area contributed by atoms with Crippen LogP contribution in [0.25, 0.3) is 5.69 Å². The number of ether oxygens (including phenoxy) is 3. The summed E-state index contributed by atoms with van der Waals surface area (Å²) in [6.45, 7) is 12.4. The quantitative estimate of drug-likeness (QED) is 0.0811. The predicted molar refractivity (Wildman–Crippen MR) is 207 cm³/mol. The van der Waals surface area contributed by atoms with E-state index in [2.05, 4.69) is 56.3 Å². The van der Waals surface area contributed by atoms with Gasteiger partial charge in [0.2, 0.25) is 5.79 Å². The van der Waals surface area contributed by atoms with Crippen molar-refractivity contribution in [3.05, 3.63) is 100 Å². The Balaban J connectivity index is 1.00. The maximum atomic E-state index is 12.8. The van der Waals surface area contributed by atoms with Crippen molar-refractivity contribution in [3.8, 4) is 11.4 Å². The highest BCUT2D eigenvalue weighted by atomic mass is 35.5. The molecule has 3 heterocycles. The molecule has 51 heavy (non-hydrogen) atoms. The Labute approximate surface area is 308 Å². The Morgan fingerprint density at radius 3 is 2.25 bits per heavy atom. The van der Waals surface area contributed by atoms with Crippen LogP contribution in [-0.4, -0.2) is 76.9 Å². The van der Waals surface area contributed by atoms with Crippen molar-refractivity contribution in [2.24, 2.45) is 10.2 Å². The molecule has 11 nitrogen and oxygen atoms in total. The van der Waals surface area contributed by atoms with Crippen molar-refractivity contribution in [2.45, 2.75) is 58.5 Å². The average molecular weight is 732 g/mol. The van der Waals surface area contributed by atoms with E-state index < -0.39 is 5.79 Å². The molecule has 0 amide bonds. The van der Waals surface area contributed by atoms with E-state index in [1.54, 1.807) is 33.6 Å². The lowest BCUT2D eigenvalue weighted by Crippen LogP contribution is -2.46. The highest BCUT2D eigenvalue weighted by molar-refractivity contribution is 8.13. The molecular formula is C38H46ClN7O4S. The van der Waals surface area contributed by atoms with Crippen LogP contribution in [0.15, 0.2) is 94.1 Å². The maximum Gasteiger partial charge on any atom is 0.350 e. The molecule has 0 bridgehead atoms. The summed E-state index contributed by atoms with van der Waals surface area (Å²) in [6.07, 6.45) is 4.82. The number of rotatable bonds is 13. The molecule has 2 saturated heterocycles. The Bertz CT molecular complexity index is 1840. The molecular weight excluding hydrogens is 686 g/mol. The minimum Gasteiger partial charge on any atom is -0.491 e. The SMILES string of the molecule is CC/C=N\N=C(/C)SCC1(c2ccc(Cl)cc2)OC[C@@H](COc2ccc(N3CCN(c4ccc(-n5cnn(C(C)CC)c5=O)cc4)CC3)cc2)O1. The van der Waals surface area contributed by atoms with Gasteiger partial charge in [0.25, 0.3) is 0 Å². The fourth-order valence-electron chi connectivity index (χ4n) is 6.05. The van der Waals surface area contributed by atoms with E-state index in [9.17, 15) is 4.79 Å². The molecule has 3 aromatic carbocycles. The van der Waals surface area contributed by atoms with Gasteiger partial charge in [-0.3, -0.25) is 0 Å². The summed E-state index contributed by atoms with van der Waals surface area (Å²) in [5, 5.41) is 14.2. The molecule has 1 aromatic heterocycles. The molecule has 2 aliphatic rings. The molecule has 13 heteroatoms. The van der Waals surface area contributed by atoms with Crippen molar-refractivity contribution in [1.82, 2.24) is 14.3 Å². The number of hydrogen-bond donors (Lipinski definition) is 0. The number of benzene rings is 3. The molecule has 2 unspecified atom stereocenters. The highest BCUT2D eigenvalue weighted by Gasteiger charge is 2.43. The minimum absolute atomic E-state index is 0.0681. The molecule has 270 valence electrons. The Kier molecular flexibility index (Phi) is 12.2. The third-order valence-electron chi connectivity index (χ3n) is 9.19. The molecule has 2 aliphatic heterocycles. The van der Waals surface area contributed by atoms with Gasteiger partial charge in [0.1, 0.15) is 24.8 Å². The first-order chi connectivity index (χ1) is 24.8. The maximum absolute atomic E-state index is 12.8. The second-order valence-corrected chi connectivity index (χ2v) is 14.3. The van der Waals surface area contributed by atoms with Crippen molar-refractivity contribution >= 4 is 46.0 Å². The molecule has 0 saturated carbocycles. The fraction of sp³-hybridized carbons (Fsp3) is 0.421. The molecule has 4 aromatic rings. The summed E-state index contributed by atoms with van der Waals surface area (Å²) in [4.78, 5) is 17.6. The van der Waals surface area contributed by atoms with Crippen molar-refractivity contribution in [1.29, 1.82) is 0 Å². The van der Waals surface area contributed by atoms with Crippen LogP contribution < -0.4 is 20.2 Å². The molecule has 0 N–H and O–H groups in total. The van der Waals surface area contributed by atoms with Crippen LogP contribution in [0.3, 0.4) is 0 Å². The van der Waals surface area contributed by atoms with E-state index >= 15 is 0 Å². The standard InChI is InChI=1S/C38H46ClN7O4S/c1-5-19-40-42-29(4)51-26-38(30-7-9-31(39)10-8-30)49-25-36(50-38)24-48-35-17-15-33(16-18-35)44-22-20-43(21-23-44)32-11-13-34(14-12-32)45-27-41-46(37(45)47)28(3)6-2/h7-19,27-28,36H,5-6,20-26H2,1-4H3/b40-19-,42-29+/t28?,36-,38?/m1/s1. The number of aromatic nitrogens is 3. The van der Waals surface area contributed by atoms with Crippen LogP contribution in [0.4, 0.5) is 11.4 Å². The zero-order valence-electron chi connectivity index (χ0n) is 29.7.